The van der Waals surface area contributed by atoms with Crippen molar-refractivity contribution in [3.63, 3.8) is 0 Å². The van der Waals surface area contributed by atoms with E-state index in [4.69, 9.17) is 15.5 Å². The Morgan fingerprint density at radius 1 is 1.07 bits per heavy atom. The topological polar surface area (TPSA) is 127 Å². The molecule has 3 aromatic rings. The number of benzene rings is 2. The molecule has 1 fully saturated rings. The summed E-state index contributed by atoms with van der Waals surface area (Å²) in [5, 5.41) is 6.85. The van der Waals surface area contributed by atoms with Gasteiger partial charge in [-0.1, -0.05) is 63.2 Å². The van der Waals surface area contributed by atoms with Crippen molar-refractivity contribution in [3.8, 4) is 0 Å². The summed E-state index contributed by atoms with van der Waals surface area (Å²) >= 11 is 1.55. The first-order valence-electron chi connectivity index (χ1n) is 15.0. The molecule has 9 nitrogen and oxygen atoms in total. The van der Waals surface area contributed by atoms with Crippen LogP contribution >= 0.6 is 11.3 Å². The number of nitrogens with zero attached hydrogens (tertiary/aromatic N) is 2. The standard InChI is InChI=1S/C33H43N5O4S/c1-4-30(39)36-28(20-31-37-27-13-11-24(22(2)3)19-29(27)43-31)33(41)35-26(18-23-8-6-5-7-9-23)12-10-25(32(34)40)21-38-14-16-42-17-15-38/h5-11,13,19,22,26,28H,4,12,14-18,20-21H2,1-3H3,(H2,34,40)(H,35,41)(H,36,39)/t26-,28-/m0/s1. The van der Waals surface area contributed by atoms with Gasteiger partial charge in [-0.15, -0.1) is 11.3 Å². The van der Waals surface area contributed by atoms with E-state index in [0.29, 0.717) is 44.1 Å². The van der Waals surface area contributed by atoms with Crippen LogP contribution in [0.25, 0.3) is 10.2 Å². The van der Waals surface area contributed by atoms with Crippen LogP contribution in [-0.4, -0.2) is 72.5 Å². The average Bonchev–Trinajstić information content (AvgIpc) is 3.41. The number of rotatable bonds is 14. The molecule has 2 heterocycles. The molecular weight excluding hydrogens is 562 g/mol. The van der Waals surface area contributed by atoms with Crippen molar-refractivity contribution in [2.45, 2.75) is 64.5 Å². The van der Waals surface area contributed by atoms with Crippen molar-refractivity contribution in [1.29, 1.82) is 0 Å². The number of primary amides is 1. The minimum absolute atomic E-state index is 0.204. The van der Waals surface area contributed by atoms with Crippen LogP contribution in [0.2, 0.25) is 0 Å². The summed E-state index contributed by atoms with van der Waals surface area (Å²) in [6.07, 6.45) is 3.36. The lowest BCUT2D eigenvalue weighted by Crippen LogP contribution is -2.51. The summed E-state index contributed by atoms with van der Waals surface area (Å²) < 4.78 is 6.49. The smallest absolute Gasteiger partial charge is 0.245 e. The Morgan fingerprint density at radius 3 is 2.49 bits per heavy atom. The monoisotopic (exact) mass is 605 g/mol. The lowest BCUT2D eigenvalue weighted by molar-refractivity contribution is -0.129. The molecule has 1 aliphatic heterocycles. The van der Waals surface area contributed by atoms with E-state index in [2.05, 4.69) is 41.5 Å². The van der Waals surface area contributed by atoms with Gasteiger partial charge < -0.3 is 21.1 Å². The van der Waals surface area contributed by atoms with Gasteiger partial charge >= 0.3 is 0 Å². The van der Waals surface area contributed by atoms with Gasteiger partial charge in [0.05, 0.1) is 28.4 Å². The van der Waals surface area contributed by atoms with Crippen molar-refractivity contribution in [2.24, 2.45) is 5.73 Å². The van der Waals surface area contributed by atoms with Crippen molar-refractivity contribution >= 4 is 39.3 Å². The van der Waals surface area contributed by atoms with Gasteiger partial charge in [0.15, 0.2) is 0 Å². The number of carbonyl (C=O) groups is 3. The molecule has 1 saturated heterocycles. The lowest BCUT2D eigenvalue weighted by Gasteiger charge is -2.27. The van der Waals surface area contributed by atoms with Gasteiger partial charge in [0.2, 0.25) is 17.7 Å². The maximum Gasteiger partial charge on any atom is 0.245 e. The molecule has 4 N–H and O–H groups in total. The fourth-order valence-electron chi connectivity index (χ4n) is 5.04. The Bertz CT molecular complexity index is 1420. The van der Waals surface area contributed by atoms with Gasteiger partial charge in [-0.25, -0.2) is 4.98 Å². The van der Waals surface area contributed by atoms with E-state index >= 15 is 0 Å². The second-order valence-electron chi connectivity index (χ2n) is 11.3. The fraction of sp³-hybridized carbons (Fsp3) is 0.455. The highest BCUT2D eigenvalue weighted by Crippen LogP contribution is 2.27. The third-order valence-corrected chi connectivity index (χ3v) is 8.65. The number of nitrogens with one attached hydrogen (secondary N) is 2. The molecule has 4 rings (SSSR count). The molecule has 10 heteroatoms. The zero-order valence-electron chi connectivity index (χ0n) is 25.3. The van der Waals surface area contributed by atoms with Crippen LogP contribution in [0.1, 0.15) is 55.7 Å². The second-order valence-corrected chi connectivity index (χ2v) is 12.4. The molecular formula is C33H43N5O4S. The van der Waals surface area contributed by atoms with E-state index in [0.717, 1.165) is 33.9 Å². The van der Waals surface area contributed by atoms with Crippen molar-refractivity contribution in [1.82, 2.24) is 20.5 Å². The van der Waals surface area contributed by atoms with Crippen LogP contribution in [0, 0.1) is 0 Å². The number of morpholine rings is 1. The first kappa shape index (κ1) is 32.3. The van der Waals surface area contributed by atoms with E-state index in [1.54, 1.807) is 18.3 Å². The van der Waals surface area contributed by atoms with Crippen LogP contribution in [0.3, 0.4) is 0 Å². The fourth-order valence-corrected chi connectivity index (χ4v) is 6.10. The number of nitrogens with two attached hydrogens (primary N) is 1. The van der Waals surface area contributed by atoms with Crippen LogP contribution < -0.4 is 16.4 Å². The summed E-state index contributed by atoms with van der Waals surface area (Å²) in [4.78, 5) is 45.5. The predicted molar refractivity (Wildman–Crippen MR) is 171 cm³/mol. The maximum atomic E-state index is 13.8. The number of aromatic nitrogens is 1. The third-order valence-electron chi connectivity index (χ3n) is 7.61. The van der Waals surface area contributed by atoms with Crippen LogP contribution in [0.5, 0.6) is 0 Å². The molecule has 0 aliphatic carbocycles. The van der Waals surface area contributed by atoms with Crippen LogP contribution in [-0.2, 0) is 32.0 Å². The number of fused-ring (bicyclic) bond motifs is 1. The molecule has 2 aromatic carbocycles. The summed E-state index contributed by atoms with van der Waals surface area (Å²) in [5.41, 5.74) is 9.44. The Morgan fingerprint density at radius 2 is 1.81 bits per heavy atom. The highest BCUT2D eigenvalue weighted by atomic mass is 32.1. The van der Waals surface area contributed by atoms with Crippen LogP contribution in [0.15, 0.2) is 60.2 Å². The molecule has 43 heavy (non-hydrogen) atoms. The van der Waals surface area contributed by atoms with E-state index in [1.165, 1.54) is 5.56 Å². The zero-order chi connectivity index (χ0) is 30.8. The average molecular weight is 606 g/mol. The number of thiazole rings is 1. The summed E-state index contributed by atoms with van der Waals surface area (Å²) in [7, 11) is 0. The van der Waals surface area contributed by atoms with E-state index in [9.17, 15) is 14.4 Å². The minimum atomic E-state index is -0.788. The minimum Gasteiger partial charge on any atom is -0.379 e. The van der Waals surface area contributed by atoms with Crippen molar-refractivity contribution in [2.75, 3.05) is 32.8 Å². The SMILES string of the molecule is CCC(=O)N[C@@H](Cc1nc2ccc(C(C)C)cc2s1)C(=O)N[C@@H](CC=C(CN1CCOCC1)C(N)=O)Cc1ccccc1. The molecule has 0 bridgehead atoms. The predicted octanol–water partition coefficient (Wildman–Crippen LogP) is 3.72. The molecule has 0 radical (unpaired) electrons. The Labute approximate surface area is 257 Å². The largest absolute Gasteiger partial charge is 0.379 e. The lowest BCUT2D eigenvalue weighted by atomic mass is 10.0. The highest BCUT2D eigenvalue weighted by Gasteiger charge is 2.25. The molecule has 0 unspecified atom stereocenters. The summed E-state index contributed by atoms with van der Waals surface area (Å²) in [6.45, 7) is 9.22. The van der Waals surface area contributed by atoms with Gasteiger partial charge in [-0.05, 0) is 42.0 Å². The molecule has 0 saturated carbocycles. The van der Waals surface area contributed by atoms with E-state index < -0.39 is 11.9 Å². The maximum absolute atomic E-state index is 13.8. The van der Waals surface area contributed by atoms with Gasteiger partial charge in [0, 0.05) is 44.1 Å². The number of ether oxygens (including phenoxy) is 1. The van der Waals surface area contributed by atoms with Crippen molar-refractivity contribution < 1.29 is 19.1 Å². The molecule has 230 valence electrons. The van der Waals surface area contributed by atoms with Crippen LogP contribution in [0.4, 0.5) is 0 Å². The third kappa shape index (κ3) is 9.71. The summed E-state index contributed by atoms with van der Waals surface area (Å²) in [6, 6.07) is 15.0. The number of hydrogen-bond acceptors (Lipinski definition) is 7. The Kier molecular flexibility index (Phi) is 11.8. The second kappa shape index (κ2) is 15.7. The van der Waals surface area contributed by atoms with E-state index in [1.807, 2.05) is 42.5 Å². The molecule has 1 aliphatic rings. The zero-order valence-corrected chi connectivity index (χ0v) is 26.1. The van der Waals surface area contributed by atoms with Gasteiger partial charge in [-0.2, -0.15) is 0 Å². The first-order chi connectivity index (χ1) is 20.7. The number of amides is 3. The molecule has 3 amide bonds. The van der Waals surface area contributed by atoms with Gasteiger partial charge in [-0.3, -0.25) is 19.3 Å². The van der Waals surface area contributed by atoms with E-state index in [-0.39, 0.29) is 30.7 Å². The normalized spacial score (nSPS) is 15.8. The molecule has 0 spiro atoms. The Hall–Kier alpha value is -3.60. The highest BCUT2D eigenvalue weighted by molar-refractivity contribution is 7.18. The van der Waals surface area contributed by atoms with Gasteiger partial charge in [0.1, 0.15) is 6.04 Å². The van der Waals surface area contributed by atoms with Crippen molar-refractivity contribution in [3.05, 3.63) is 76.3 Å². The quantitative estimate of drug-likeness (QED) is 0.241. The summed E-state index contributed by atoms with van der Waals surface area (Å²) in [5.74, 6) is -0.561. The first-order valence-corrected chi connectivity index (χ1v) is 15.9. The molecule has 1 aromatic heterocycles. The number of hydrogen-bond donors (Lipinski definition) is 3. The number of carbonyl (C=O) groups excluding carboxylic acids is 3. The van der Waals surface area contributed by atoms with Gasteiger partial charge in [0.25, 0.3) is 0 Å². The molecule has 2 atom stereocenters. The Balaban J connectivity index is 1.53.